The molecule has 0 unspecified atom stereocenters. The zero-order chi connectivity index (χ0) is 13.1. The van der Waals surface area contributed by atoms with E-state index in [2.05, 4.69) is 10.4 Å². The van der Waals surface area contributed by atoms with Gasteiger partial charge >= 0.3 is 6.18 Å². The van der Waals surface area contributed by atoms with Crippen molar-refractivity contribution in [1.82, 2.24) is 15.1 Å². The minimum absolute atomic E-state index is 0.113. The summed E-state index contributed by atoms with van der Waals surface area (Å²) in [5, 5.41) is 7.26. The molecule has 1 aromatic rings. The van der Waals surface area contributed by atoms with Gasteiger partial charge in [0.1, 0.15) is 0 Å². The molecule has 1 N–H and O–H groups in total. The average molecular weight is 249 g/mol. The molecule has 98 valence electrons. The Labute approximate surface area is 99.0 Å². The van der Waals surface area contributed by atoms with Gasteiger partial charge in [0, 0.05) is 31.3 Å². The number of aromatic nitrogens is 2. The van der Waals surface area contributed by atoms with Gasteiger partial charge in [-0.15, -0.1) is 0 Å². The Morgan fingerprint density at radius 2 is 1.94 bits per heavy atom. The number of aryl methyl sites for hydroxylation is 2. The first kappa shape index (κ1) is 14.0. The maximum atomic E-state index is 11.9. The molecule has 1 rings (SSSR count). The van der Waals surface area contributed by atoms with Gasteiger partial charge in [0.05, 0.1) is 5.69 Å². The van der Waals surface area contributed by atoms with Crippen molar-refractivity contribution in [1.29, 1.82) is 0 Å². The number of hydrogen-bond acceptors (Lipinski definition) is 2. The lowest BCUT2D eigenvalue weighted by Crippen LogP contribution is -2.18. The standard InChI is InChI=1S/C11H18F3N3/c1-8-10(9(2)17(3)16-8)7-15-6-4-5-11(12,13)14/h15H,4-7H2,1-3H3. The van der Waals surface area contributed by atoms with Crippen LogP contribution in [0.5, 0.6) is 0 Å². The Hall–Kier alpha value is -1.04. The Balaban J connectivity index is 2.32. The smallest absolute Gasteiger partial charge is 0.313 e. The van der Waals surface area contributed by atoms with Crippen molar-refractivity contribution >= 4 is 0 Å². The van der Waals surface area contributed by atoms with E-state index < -0.39 is 12.6 Å². The summed E-state index contributed by atoms with van der Waals surface area (Å²) in [4.78, 5) is 0. The van der Waals surface area contributed by atoms with Crippen molar-refractivity contribution in [3.05, 3.63) is 17.0 Å². The van der Waals surface area contributed by atoms with E-state index >= 15 is 0 Å². The van der Waals surface area contributed by atoms with Gasteiger partial charge in [0.25, 0.3) is 0 Å². The molecule has 0 amide bonds. The number of alkyl halides is 3. The van der Waals surface area contributed by atoms with E-state index in [1.54, 1.807) is 4.68 Å². The van der Waals surface area contributed by atoms with Gasteiger partial charge in [0.15, 0.2) is 0 Å². The first-order valence-corrected chi connectivity index (χ1v) is 5.58. The van der Waals surface area contributed by atoms with Crippen LogP contribution < -0.4 is 5.32 Å². The molecule has 6 heteroatoms. The Morgan fingerprint density at radius 1 is 1.29 bits per heavy atom. The Kier molecular flexibility index (Phi) is 4.56. The van der Waals surface area contributed by atoms with Crippen LogP contribution >= 0.6 is 0 Å². The molecule has 0 atom stereocenters. The van der Waals surface area contributed by atoms with E-state index in [0.29, 0.717) is 13.1 Å². The quantitative estimate of drug-likeness (QED) is 0.812. The molecule has 0 radical (unpaired) electrons. The first-order chi connectivity index (χ1) is 7.81. The molecular weight excluding hydrogens is 231 g/mol. The number of nitrogens with one attached hydrogen (secondary N) is 1. The third-order valence-electron chi connectivity index (χ3n) is 2.77. The first-order valence-electron chi connectivity index (χ1n) is 5.58. The third-order valence-corrected chi connectivity index (χ3v) is 2.77. The van der Waals surface area contributed by atoms with Crippen LogP contribution in [0.25, 0.3) is 0 Å². The molecule has 17 heavy (non-hydrogen) atoms. The van der Waals surface area contributed by atoms with E-state index in [1.165, 1.54) is 0 Å². The highest BCUT2D eigenvalue weighted by molar-refractivity contribution is 5.23. The Morgan fingerprint density at radius 3 is 2.41 bits per heavy atom. The maximum absolute atomic E-state index is 11.9. The van der Waals surface area contributed by atoms with Crippen LogP contribution in [0.3, 0.4) is 0 Å². The van der Waals surface area contributed by atoms with E-state index in [-0.39, 0.29) is 6.42 Å². The number of hydrogen-bond donors (Lipinski definition) is 1. The fourth-order valence-electron chi connectivity index (χ4n) is 1.70. The largest absolute Gasteiger partial charge is 0.389 e. The zero-order valence-corrected chi connectivity index (χ0v) is 10.4. The topological polar surface area (TPSA) is 29.9 Å². The SMILES string of the molecule is Cc1nn(C)c(C)c1CNCCCC(F)(F)F. The van der Waals surface area contributed by atoms with Crippen LogP contribution in [0.1, 0.15) is 29.8 Å². The normalized spacial score (nSPS) is 12.1. The van der Waals surface area contributed by atoms with E-state index in [9.17, 15) is 13.2 Å². The van der Waals surface area contributed by atoms with Gasteiger partial charge < -0.3 is 5.32 Å². The summed E-state index contributed by atoms with van der Waals surface area (Å²) in [6, 6.07) is 0. The molecule has 1 heterocycles. The monoisotopic (exact) mass is 249 g/mol. The molecule has 0 spiro atoms. The lowest BCUT2D eigenvalue weighted by atomic mass is 10.2. The maximum Gasteiger partial charge on any atom is 0.389 e. The van der Waals surface area contributed by atoms with Crippen LogP contribution in [0.2, 0.25) is 0 Å². The van der Waals surface area contributed by atoms with Gasteiger partial charge in [0.2, 0.25) is 0 Å². The lowest BCUT2D eigenvalue weighted by molar-refractivity contribution is -0.135. The number of rotatable bonds is 5. The Bertz CT molecular complexity index is 369. The molecule has 3 nitrogen and oxygen atoms in total. The van der Waals surface area contributed by atoms with Crippen molar-refractivity contribution in [3.63, 3.8) is 0 Å². The molecule has 0 aromatic carbocycles. The number of nitrogens with zero attached hydrogens (tertiary/aromatic N) is 2. The fraction of sp³-hybridized carbons (Fsp3) is 0.727. The van der Waals surface area contributed by atoms with Crippen LogP contribution in [-0.4, -0.2) is 22.5 Å². The second kappa shape index (κ2) is 5.53. The summed E-state index contributed by atoms with van der Waals surface area (Å²) in [6.07, 6.45) is -4.67. The summed E-state index contributed by atoms with van der Waals surface area (Å²) < 4.78 is 37.5. The van der Waals surface area contributed by atoms with Gasteiger partial charge in [-0.25, -0.2) is 0 Å². The van der Waals surface area contributed by atoms with Crippen molar-refractivity contribution in [2.45, 2.75) is 39.4 Å². The minimum Gasteiger partial charge on any atom is -0.313 e. The van der Waals surface area contributed by atoms with E-state index in [4.69, 9.17) is 0 Å². The molecule has 0 saturated heterocycles. The van der Waals surface area contributed by atoms with Crippen LogP contribution in [0.15, 0.2) is 0 Å². The predicted molar refractivity (Wildman–Crippen MR) is 59.7 cm³/mol. The van der Waals surface area contributed by atoms with Gasteiger partial charge in [-0.3, -0.25) is 4.68 Å². The van der Waals surface area contributed by atoms with Crippen LogP contribution in [-0.2, 0) is 13.6 Å². The highest BCUT2D eigenvalue weighted by Crippen LogP contribution is 2.20. The van der Waals surface area contributed by atoms with Crippen molar-refractivity contribution in [2.75, 3.05) is 6.54 Å². The highest BCUT2D eigenvalue weighted by Gasteiger charge is 2.25. The number of halogens is 3. The second-order valence-corrected chi connectivity index (χ2v) is 4.17. The molecule has 0 aliphatic carbocycles. The predicted octanol–water partition coefficient (Wildman–Crippen LogP) is 2.47. The van der Waals surface area contributed by atoms with Crippen molar-refractivity contribution in [2.24, 2.45) is 7.05 Å². The summed E-state index contributed by atoms with van der Waals surface area (Å²) in [6.45, 7) is 4.79. The molecule has 0 fully saturated rings. The van der Waals surface area contributed by atoms with Crippen LogP contribution in [0.4, 0.5) is 13.2 Å². The summed E-state index contributed by atoms with van der Waals surface area (Å²) >= 11 is 0. The van der Waals surface area contributed by atoms with Crippen molar-refractivity contribution < 1.29 is 13.2 Å². The molecular formula is C11H18F3N3. The van der Waals surface area contributed by atoms with Crippen LogP contribution in [0, 0.1) is 13.8 Å². The minimum atomic E-state index is -4.05. The second-order valence-electron chi connectivity index (χ2n) is 4.17. The van der Waals surface area contributed by atoms with Gasteiger partial charge in [-0.2, -0.15) is 18.3 Å². The molecule has 1 aromatic heterocycles. The van der Waals surface area contributed by atoms with E-state index in [0.717, 1.165) is 17.0 Å². The van der Waals surface area contributed by atoms with Gasteiger partial charge in [-0.05, 0) is 26.8 Å². The van der Waals surface area contributed by atoms with E-state index in [1.807, 2.05) is 20.9 Å². The summed E-state index contributed by atoms with van der Waals surface area (Å²) in [7, 11) is 1.86. The molecule has 0 aliphatic heterocycles. The zero-order valence-electron chi connectivity index (χ0n) is 10.4. The fourth-order valence-corrected chi connectivity index (χ4v) is 1.70. The average Bonchev–Trinajstić information content (AvgIpc) is 2.42. The third kappa shape index (κ3) is 4.38. The highest BCUT2D eigenvalue weighted by atomic mass is 19.4. The molecule has 0 saturated carbocycles. The lowest BCUT2D eigenvalue weighted by Gasteiger charge is -2.07. The summed E-state index contributed by atoms with van der Waals surface area (Å²) in [5.41, 5.74) is 3.04. The van der Waals surface area contributed by atoms with Gasteiger partial charge in [-0.1, -0.05) is 0 Å². The molecule has 0 bridgehead atoms. The summed E-state index contributed by atoms with van der Waals surface area (Å²) in [5.74, 6) is 0. The molecule has 0 aliphatic rings. The van der Waals surface area contributed by atoms with Crippen molar-refractivity contribution in [3.8, 4) is 0 Å².